The van der Waals surface area contributed by atoms with E-state index in [1.54, 1.807) is 33.6 Å². The zero-order valence-electron chi connectivity index (χ0n) is 30.7. The Labute approximate surface area is 329 Å². The number of amides is 2. The van der Waals surface area contributed by atoms with Crippen LogP contribution in [0.4, 0.5) is 17.3 Å². The van der Waals surface area contributed by atoms with E-state index in [4.69, 9.17) is 50.0 Å². The summed E-state index contributed by atoms with van der Waals surface area (Å²) in [5.74, 6) is 0.921. The number of methoxy groups -OCH3 is 2. The van der Waals surface area contributed by atoms with Crippen LogP contribution in [0.1, 0.15) is 32.4 Å². The number of carbonyl (C=O) groups excluding carboxylic acids is 2. The van der Waals surface area contributed by atoms with Crippen molar-refractivity contribution in [2.24, 2.45) is 14.1 Å². The van der Waals surface area contributed by atoms with Crippen LogP contribution in [0.3, 0.4) is 0 Å². The van der Waals surface area contributed by atoms with Crippen LogP contribution in [-0.2, 0) is 14.1 Å². The standard InChI is InChI=1S/C16H17ClN8O2.C10H13N5O.C6H5Cl2N3O/c1-8-5-9(11-7-19-25(3)24-11)14(27-4)15(20-8)21-10-6-12(17)22-23-13(10)16(26)18-2;1-6-4-7(8-5-12-15(2)14-8)9(16-3)10(11)13-6;1-9-6(12)5-3(7)2-4(8)10-11-5/h5-7H,1-4H3,(H,18,26)(H,20,21,22);4-5H,1-3H3,(H2,11,13);2H,1H3,(H,9,12). The fourth-order valence-corrected chi connectivity index (χ4v) is 5.24. The molecule has 0 fully saturated rings. The molecule has 0 radical (unpaired) electrons. The van der Waals surface area contributed by atoms with Gasteiger partial charge in [-0.05, 0) is 32.0 Å². The smallest absolute Gasteiger partial charge is 0.273 e. The number of nitrogens with one attached hydrogen (secondary N) is 3. The molecule has 6 aromatic heterocycles. The molecule has 2 amide bonds. The molecule has 23 heteroatoms. The molecule has 0 saturated heterocycles. The zero-order chi connectivity index (χ0) is 40.4. The van der Waals surface area contributed by atoms with Gasteiger partial charge in [-0.3, -0.25) is 9.59 Å². The lowest BCUT2D eigenvalue weighted by Crippen LogP contribution is -2.21. The lowest BCUT2D eigenvalue weighted by molar-refractivity contribution is 0.0949. The summed E-state index contributed by atoms with van der Waals surface area (Å²) >= 11 is 17.1. The average molecular weight is 814 g/mol. The van der Waals surface area contributed by atoms with Gasteiger partial charge in [-0.2, -0.15) is 30.0 Å². The second-order valence-electron chi connectivity index (χ2n) is 10.9. The molecule has 6 rings (SSSR count). The van der Waals surface area contributed by atoms with E-state index in [1.807, 2.05) is 26.0 Å². The number of aryl methyl sites for hydroxylation is 4. The maximum absolute atomic E-state index is 12.1. The number of rotatable bonds is 8. The molecule has 0 bridgehead atoms. The molecule has 55 heavy (non-hydrogen) atoms. The maximum atomic E-state index is 12.1. The highest BCUT2D eigenvalue weighted by molar-refractivity contribution is 6.35. The number of anilines is 3. The first-order chi connectivity index (χ1) is 26.2. The number of pyridine rings is 2. The molecular weight excluding hydrogens is 779 g/mol. The van der Waals surface area contributed by atoms with E-state index < -0.39 is 5.91 Å². The number of hydrogen-bond acceptors (Lipinski definition) is 16. The van der Waals surface area contributed by atoms with Crippen LogP contribution in [0, 0.1) is 13.8 Å². The number of nitrogen functional groups attached to an aromatic ring is 1. The van der Waals surface area contributed by atoms with Crippen LogP contribution in [0.5, 0.6) is 11.5 Å². The van der Waals surface area contributed by atoms with E-state index in [1.165, 1.54) is 42.9 Å². The summed E-state index contributed by atoms with van der Waals surface area (Å²) in [5, 5.41) is 39.6. The van der Waals surface area contributed by atoms with Crippen LogP contribution in [0.2, 0.25) is 15.3 Å². The first-order valence-corrected chi connectivity index (χ1v) is 16.9. The largest absolute Gasteiger partial charge is 0.492 e. The van der Waals surface area contributed by atoms with Gasteiger partial charge >= 0.3 is 0 Å². The molecule has 0 aromatic carbocycles. The van der Waals surface area contributed by atoms with E-state index >= 15 is 0 Å². The van der Waals surface area contributed by atoms with Crippen molar-refractivity contribution in [1.29, 1.82) is 0 Å². The third-order valence-electron chi connectivity index (χ3n) is 7.01. The van der Waals surface area contributed by atoms with Crippen LogP contribution in [0.15, 0.2) is 36.7 Å². The van der Waals surface area contributed by atoms with Crippen molar-refractivity contribution >= 4 is 63.9 Å². The summed E-state index contributed by atoms with van der Waals surface area (Å²) in [7, 11) is 9.54. The Bertz CT molecular complexity index is 2320. The van der Waals surface area contributed by atoms with E-state index in [9.17, 15) is 9.59 Å². The third kappa shape index (κ3) is 10.5. The van der Waals surface area contributed by atoms with Gasteiger partial charge < -0.3 is 31.2 Å². The quantitative estimate of drug-likeness (QED) is 0.171. The van der Waals surface area contributed by atoms with Crippen molar-refractivity contribution < 1.29 is 19.1 Å². The Morgan fingerprint density at radius 1 is 0.709 bits per heavy atom. The Morgan fingerprint density at radius 2 is 1.20 bits per heavy atom. The highest BCUT2D eigenvalue weighted by Crippen LogP contribution is 2.37. The first-order valence-electron chi connectivity index (χ1n) is 15.7. The number of aromatic nitrogens is 12. The van der Waals surface area contributed by atoms with Crippen LogP contribution in [0.25, 0.3) is 22.5 Å². The molecule has 288 valence electrons. The number of carbonyl (C=O) groups is 2. The van der Waals surface area contributed by atoms with E-state index in [2.05, 4.69) is 66.7 Å². The topological polar surface area (TPSA) is 253 Å². The minimum Gasteiger partial charge on any atom is -0.492 e. The molecule has 6 aromatic rings. The Morgan fingerprint density at radius 3 is 1.69 bits per heavy atom. The van der Waals surface area contributed by atoms with Crippen LogP contribution >= 0.6 is 34.8 Å². The van der Waals surface area contributed by atoms with Crippen molar-refractivity contribution in [2.75, 3.05) is 39.4 Å². The minimum absolute atomic E-state index is 0.0727. The van der Waals surface area contributed by atoms with Gasteiger partial charge in [0.1, 0.15) is 11.4 Å². The molecule has 0 saturated carbocycles. The first kappa shape index (κ1) is 41.5. The molecule has 0 aliphatic heterocycles. The number of nitrogens with zero attached hydrogens (tertiary/aromatic N) is 12. The molecule has 5 N–H and O–H groups in total. The average Bonchev–Trinajstić information content (AvgIpc) is 3.79. The lowest BCUT2D eigenvalue weighted by Gasteiger charge is -2.15. The van der Waals surface area contributed by atoms with Crippen LogP contribution < -0.4 is 31.2 Å². The molecule has 0 atom stereocenters. The normalized spacial score (nSPS) is 10.3. The summed E-state index contributed by atoms with van der Waals surface area (Å²) in [6.07, 6.45) is 3.29. The fourth-order valence-electron chi connectivity index (χ4n) is 4.67. The van der Waals surface area contributed by atoms with Crippen molar-refractivity contribution in [3.63, 3.8) is 0 Å². The van der Waals surface area contributed by atoms with Gasteiger partial charge in [-0.25, -0.2) is 9.97 Å². The highest BCUT2D eigenvalue weighted by atomic mass is 35.5. The van der Waals surface area contributed by atoms with E-state index in [0.717, 1.165) is 17.0 Å². The Balaban J connectivity index is 0.000000203. The predicted octanol–water partition coefficient (Wildman–Crippen LogP) is 3.66. The summed E-state index contributed by atoms with van der Waals surface area (Å²) in [6, 6.07) is 6.57. The van der Waals surface area contributed by atoms with Crippen molar-refractivity contribution in [3.05, 3.63) is 74.8 Å². The lowest BCUT2D eigenvalue weighted by atomic mass is 10.1. The molecule has 0 unspecified atom stereocenters. The minimum atomic E-state index is -0.414. The van der Waals surface area contributed by atoms with Gasteiger partial charge in [-0.15, -0.1) is 20.4 Å². The SMILES string of the molecule is CNC(=O)c1nnc(Cl)cc1Cl.CNC(=O)c1nnc(Cl)cc1Nc1nc(C)cc(-c2cnn(C)n2)c1OC.COc1c(-c2cnn(C)n2)cc(C)nc1N. The number of nitrogens with two attached hydrogens (primary N) is 1. The van der Waals surface area contributed by atoms with Gasteiger partial charge in [0.2, 0.25) is 0 Å². The Hall–Kier alpha value is -6.25. The predicted molar refractivity (Wildman–Crippen MR) is 205 cm³/mol. The second-order valence-corrected chi connectivity index (χ2v) is 12.1. The fraction of sp³-hybridized carbons (Fsp3) is 0.250. The monoisotopic (exact) mass is 812 g/mol. The summed E-state index contributed by atoms with van der Waals surface area (Å²) in [4.78, 5) is 34.6. The van der Waals surface area contributed by atoms with Gasteiger partial charge in [0.15, 0.2) is 44.8 Å². The van der Waals surface area contributed by atoms with E-state index in [-0.39, 0.29) is 32.6 Å². The molecule has 6 heterocycles. The maximum Gasteiger partial charge on any atom is 0.273 e. The second kappa shape index (κ2) is 18.7. The van der Waals surface area contributed by atoms with Gasteiger partial charge in [0.05, 0.1) is 48.5 Å². The van der Waals surface area contributed by atoms with Crippen molar-refractivity contribution in [1.82, 2.24) is 71.0 Å². The van der Waals surface area contributed by atoms with Gasteiger partial charge in [0, 0.05) is 45.6 Å². The third-order valence-corrected chi connectivity index (χ3v) is 7.66. The summed E-state index contributed by atoms with van der Waals surface area (Å²) < 4.78 is 10.8. The van der Waals surface area contributed by atoms with Crippen LogP contribution in [-0.4, -0.2) is 100 Å². The summed E-state index contributed by atoms with van der Waals surface area (Å²) in [5.41, 5.74) is 10.7. The number of hydrogen-bond donors (Lipinski definition) is 4. The summed E-state index contributed by atoms with van der Waals surface area (Å²) in [6.45, 7) is 3.71. The molecular formula is C32H35Cl3N16O4. The Kier molecular flexibility index (Phi) is 14.1. The van der Waals surface area contributed by atoms with Gasteiger partial charge in [0.25, 0.3) is 11.8 Å². The molecule has 0 aliphatic carbocycles. The van der Waals surface area contributed by atoms with Crippen molar-refractivity contribution in [3.8, 4) is 34.0 Å². The van der Waals surface area contributed by atoms with Crippen molar-refractivity contribution in [2.45, 2.75) is 13.8 Å². The zero-order valence-corrected chi connectivity index (χ0v) is 32.9. The van der Waals surface area contributed by atoms with Gasteiger partial charge in [-0.1, -0.05) is 34.8 Å². The molecule has 20 nitrogen and oxygen atoms in total. The molecule has 0 spiro atoms. The number of ether oxygens (including phenoxy) is 2. The highest BCUT2D eigenvalue weighted by Gasteiger charge is 2.20. The number of halogens is 3. The van der Waals surface area contributed by atoms with E-state index in [0.29, 0.717) is 45.8 Å². The molecule has 0 aliphatic rings.